The monoisotopic (exact) mass is 278 g/mol. The van der Waals surface area contributed by atoms with E-state index in [0.29, 0.717) is 12.2 Å². The van der Waals surface area contributed by atoms with Gasteiger partial charge in [-0.3, -0.25) is 9.69 Å². The Balaban J connectivity index is 1.33. The molecule has 0 atom stereocenters. The Morgan fingerprint density at radius 1 is 1.26 bits per heavy atom. The van der Waals surface area contributed by atoms with E-state index in [9.17, 15) is 4.79 Å². The quantitative estimate of drug-likeness (QED) is 0.747. The molecule has 0 N–H and O–H groups in total. The van der Waals surface area contributed by atoms with Crippen LogP contribution in [0.5, 0.6) is 0 Å². The minimum atomic E-state index is 0.312. The van der Waals surface area contributed by atoms with Crippen LogP contribution in [0.4, 0.5) is 0 Å². The molecule has 19 heavy (non-hydrogen) atoms. The van der Waals surface area contributed by atoms with Crippen molar-refractivity contribution in [3.05, 3.63) is 22.4 Å². The molecule has 0 bridgehead atoms. The van der Waals surface area contributed by atoms with Crippen LogP contribution >= 0.6 is 11.3 Å². The SMILES string of the molecule is O=C(CCCN1CCN(C2CC2)CC1)c1cccs1. The van der Waals surface area contributed by atoms with E-state index in [1.165, 1.54) is 39.0 Å². The molecule has 2 aliphatic rings. The highest BCUT2D eigenvalue weighted by Crippen LogP contribution is 2.27. The first kappa shape index (κ1) is 13.3. The van der Waals surface area contributed by atoms with Crippen molar-refractivity contribution in [2.24, 2.45) is 0 Å². The molecule has 1 aromatic heterocycles. The van der Waals surface area contributed by atoms with Crippen molar-refractivity contribution in [3.8, 4) is 0 Å². The van der Waals surface area contributed by atoms with Crippen LogP contribution in [0.15, 0.2) is 17.5 Å². The van der Waals surface area contributed by atoms with Crippen molar-refractivity contribution >= 4 is 17.1 Å². The van der Waals surface area contributed by atoms with E-state index < -0.39 is 0 Å². The molecule has 1 aliphatic heterocycles. The topological polar surface area (TPSA) is 23.6 Å². The molecule has 0 amide bonds. The Morgan fingerprint density at radius 3 is 2.68 bits per heavy atom. The molecule has 1 aromatic rings. The number of carbonyl (C=O) groups excluding carboxylic acids is 1. The van der Waals surface area contributed by atoms with Crippen molar-refractivity contribution in [2.75, 3.05) is 32.7 Å². The summed E-state index contributed by atoms with van der Waals surface area (Å²) in [5.74, 6) is 0.312. The van der Waals surface area contributed by atoms with Crippen LogP contribution in [0.1, 0.15) is 35.4 Å². The average molecular weight is 278 g/mol. The average Bonchev–Trinajstić information content (AvgIpc) is 3.14. The summed E-state index contributed by atoms with van der Waals surface area (Å²) in [6.45, 7) is 5.90. The molecule has 0 radical (unpaired) electrons. The second-order valence-corrected chi connectivity index (χ2v) is 6.56. The molecule has 3 rings (SSSR count). The van der Waals surface area contributed by atoms with Gasteiger partial charge in [-0.15, -0.1) is 11.3 Å². The summed E-state index contributed by atoms with van der Waals surface area (Å²) >= 11 is 1.56. The zero-order valence-corrected chi connectivity index (χ0v) is 12.2. The number of nitrogens with zero attached hydrogens (tertiary/aromatic N) is 2. The van der Waals surface area contributed by atoms with Crippen LogP contribution in [0, 0.1) is 0 Å². The zero-order chi connectivity index (χ0) is 13.1. The van der Waals surface area contributed by atoms with Crippen molar-refractivity contribution in [1.82, 2.24) is 9.80 Å². The molecule has 1 aliphatic carbocycles. The van der Waals surface area contributed by atoms with Crippen LogP contribution in [0.25, 0.3) is 0 Å². The summed E-state index contributed by atoms with van der Waals surface area (Å²) in [6, 6.07) is 4.79. The molecular weight excluding hydrogens is 256 g/mol. The Hall–Kier alpha value is -0.710. The van der Waals surface area contributed by atoms with Crippen LogP contribution in [-0.2, 0) is 0 Å². The largest absolute Gasteiger partial charge is 0.301 e. The molecule has 2 fully saturated rings. The maximum atomic E-state index is 11.9. The van der Waals surface area contributed by atoms with Gasteiger partial charge in [-0.2, -0.15) is 0 Å². The highest BCUT2D eigenvalue weighted by atomic mass is 32.1. The predicted octanol–water partition coefficient (Wildman–Crippen LogP) is 2.49. The maximum Gasteiger partial charge on any atom is 0.172 e. The molecule has 0 spiro atoms. The van der Waals surface area contributed by atoms with Crippen LogP contribution < -0.4 is 0 Å². The fourth-order valence-corrected chi connectivity index (χ4v) is 3.51. The number of piperazine rings is 1. The van der Waals surface area contributed by atoms with Gasteiger partial charge in [0.05, 0.1) is 4.88 Å². The Kier molecular flexibility index (Phi) is 4.31. The lowest BCUT2D eigenvalue weighted by Crippen LogP contribution is -2.47. The summed E-state index contributed by atoms with van der Waals surface area (Å²) < 4.78 is 0. The van der Waals surface area contributed by atoms with Gasteiger partial charge in [0.25, 0.3) is 0 Å². The number of thiophene rings is 1. The molecule has 2 heterocycles. The van der Waals surface area contributed by atoms with Gasteiger partial charge in [0.15, 0.2) is 5.78 Å². The second-order valence-electron chi connectivity index (χ2n) is 5.61. The number of hydrogen-bond acceptors (Lipinski definition) is 4. The van der Waals surface area contributed by atoms with Crippen LogP contribution in [0.2, 0.25) is 0 Å². The third-order valence-corrected chi connectivity index (χ3v) is 5.06. The summed E-state index contributed by atoms with van der Waals surface area (Å²) in [5, 5.41) is 1.98. The molecule has 4 heteroatoms. The lowest BCUT2D eigenvalue weighted by Gasteiger charge is -2.34. The van der Waals surface area contributed by atoms with E-state index in [1.807, 2.05) is 17.5 Å². The molecular formula is C15H22N2OS. The van der Waals surface area contributed by atoms with Crippen LogP contribution in [-0.4, -0.2) is 54.3 Å². The van der Waals surface area contributed by atoms with Gasteiger partial charge in [0, 0.05) is 38.6 Å². The molecule has 3 nitrogen and oxygen atoms in total. The smallest absolute Gasteiger partial charge is 0.172 e. The molecule has 1 saturated heterocycles. The predicted molar refractivity (Wildman–Crippen MR) is 78.9 cm³/mol. The highest BCUT2D eigenvalue weighted by Gasteiger charge is 2.30. The third kappa shape index (κ3) is 3.65. The van der Waals surface area contributed by atoms with Crippen LogP contribution in [0.3, 0.4) is 0 Å². The highest BCUT2D eigenvalue weighted by molar-refractivity contribution is 7.12. The Bertz CT molecular complexity index is 406. The minimum Gasteiger partial charge on any atom is -0.301 e. The first-order valence-electron chi connectivity index (χ1n) is 7.36. The fourth-order valence-electron chi connectivity index (χ4n) is 2.82. The van der Waals surface area contributed by atoms with E-state index in [0.717, 1.165) is 23.9 Å². The molecule has 1 saturated carbocycles. The van der Waals surface area contributed by atoms with Gasteiger partial charge in [-0.1, -0.05) is 6.07 Å². The number of carbonyl (C=O) groups is 1. The summed E-state index contributed by atoms with van der Waals surface area (Å²) in [7, 11) is 0. The summed E-state index contributed by atoms with van der Waals surface area (Å²) in [5.41, 5.74) is 0. The molecule has 104 valence electrons. The number of rotatable bonds is 6. The number of Topliss-reactive ketones (excluding diaryl/α,β-unsaturated/α-hetero) is 1. The molecule has 0 aromatic carbocycles. The Morgan fingerprint density at radius 2 is 2.05 bits per heavy atom. The van der Waals surface area contributed by atoms with E-state index in [4.69, 9.17) is 0 Å². The van der Waals surface area contributed by atoms with E-state index in [-0.39, 0.29) is 0 Å². The number of ketones is 1. The first-order chi connectivity index (χ1) is 9.33. The van der Waals surface area contributed by atoms with Gasteiger partial charge in [-0.25, -0.2) is 0 Å². The standard InChI is InChI=1S/C15H22N2OS/c18-14(15-4-2-12-19-15)3-1-7-16-8-10-17(11-9-16)13-5-6-13/h2,4,12-13H,1,3,5-11H2. The Labute approximate surface area is 119 Å². The van der Waals surface area contributed by atoms with E-state index in [2.05, 4.69) is 9.80 Å². The zero-order valence-electron chi connectivity index (χ0n) is 11.4. The lowest BCUT2D eigenvalue weighted by molar-refractivity contribution is 0.0963. The van der Waals surface area contributed by atoms with Crippen molar-refractivity contribution in [1.29, 1.82) is 0 Å². The summed E-state index contributed by atoms with van der Waals surface area (Å²) in [4.78, 5) is 17.9. The van der Waals surface area contributed by atoms with Gasteiger partial charge >= 0.3 is 0 Å². The lowest BCUT2D eigenvalue weighted by atomic mass is 10.2. The van der Waals surface area contributed by atoms with Gasteiger partial charge in [0.2, 0.25) is 0 Å². The molecule has 0 unspecified atom stereocenters. The van der Waals surface area contributed by atoms with E-state index in [1.54, 1.807) is 11.3 Å². The van der Waals surface area contributed by atoms with Gasteiger partial charge < -0.3 is 4.90 Å². The second kappa shape index (κ2) is 6.16. The number of hydrogen-bond donors (Lipinski definition) is 0. The van der Waals surface area contributed by atoms with Gasteiger partial charge in [0.1, 0.15) is 0 Å². The van der Waals surface area contributed by atoms with Crippen molar-refractivity contribution in [2.45, 2.75) is 31.7 Å². The summed E-state index contributed by atoms with van der Waals surface area (Å²) in [6.07, 6.45) is 4.52. The van der Waals surface area contributed by atoms with E-state index >= 15 is 0 Å². The van der Waals surface area contributed by atoms with Crippen molar-refractivity contribution < 1.29 is 4.79 Å². The van der Waals surface area contributed by atoms with Crippen molar-refractivity contribution in [3.63, 3.8) is 0 Å². The minimum absolute atomic E-state index is 0.312. The fraction of sp³-hybridized carbons (Fsp3) is 0.667. The first-order valence-corrected chi connectivity index (χ1v) is 8.24. The third-order valence-electron chi connectivity index (χ3n) is 4.14. The van der Waals surface area contributed by atoms with Gasteiger partial charge in [-0.05, 0) is 37.3 Å². The maximum absolute atomic E-state index is 11.9. The normalized spacial score (nSPS) is 21.7.